The van der Waals surface area contributed by atoms with E-state index in [1.807, 2.05) is 12.1 Å². The standard InChI is InChI=1S/C29H33F/c1-3-7-22-12-16-24(17-13-22)28-19-18-25(20-29(28)30)27-9-6-5-8-26(27)23-14-10-21(4-2)11-15-23/h5-6,8-11,14-15,18-20,22,24H,3-4,7,12-13,16-17H2,1-2H3. The predicted octanol–water partition coefficient (Wildman–Crippen LogP) is 8.80. The van der Waals surface area contributed by atoms with Crippen molar-refractivity contribution < 1.29 is 4.39 Å². The van der Waals surface area contributed by atoms with Gasteiger partial charge in [0.2, 0.25) is 0 Å². The average Bonchev–Trinajstić information content (AvgIpc) is 2.80. The molecule has 0 heterocycles. The van der Waals surface area contributed by atoms with Crippen molar-refractivity contribution in [1.82, 2.24) is 0 Å². The van der Waals surface area contributed by atoms with Gasteiger partial charge in [0.05, 0.1) is 0 Å². The largest absolute Gasteiger partial charge is 0.207 e. The van der Waals surface area contributed by atoms with Crippen molar-refractivity contribution in [2.45, 2.75) is 64.7 Å². The number of aryl methyl sites for hydroxylation is 1. The lowest BCUT2D eigenvalue weighted by molar-refractivity contribution is 0.304. The van der Waals surface area contributed by atoms with Crippen LogP contribution in [0, 0.1) is 11.7 Å². The van der Waals surface area contributed by atoms with Crippen LogP contribution in [0.5, 0.6) is 0 Å². The Kier molecular flexibility index (Phi) is 6.67. The number of rotatable bonds is 6. The summed E-state index contributed by atoms with van der Waals surface area (Å²) in [5.74, 6) is 1.19. The van der Waals surface area contributed by atoms with E-state index in [9.17, 15) is 0 Å². The van der Waals surface area contributed by atoms with E-state index in [1.165, 1.54) is 36.8 Å². The zero-order valence-electron chi connectivity index (χ0n) is 18.3. The topological polar surface area (TPSA) is 0 Å². The minimum Gasteiger partial charge on any atom is -0.207 e. The van der Waals surface area contributed by atoms with Crippen molar-refractivity contribution in [3.8, 4) is 22.3 Å². The van der Waals surface area contributed by atoms with Gasteiger partial charge in [0, 0.05) is 0 Å². The lowest BCUT2D eigenvalue weighted by Gasteiger charge is -2.29. The van der Waals surface area contributed by atoms with E-state index >= 15 is 4.39 Å². The quantitative estimate of drug-likeness (QED) is 0.388. The van der Waals surface area contributed by atoms with Crippen LogP contribution in [0.25, 0.3) is 22.3 Å². The first-order chi connectivity index (χ1) is 14.7. The van der Waals surface area contributed by atoms with Gasteiger partial charge in [-0.1, -0.05) is 87.4 Å². The average molecular weight is 401 g/mol. The third-order valence-electron chi connectivity index (χ3n) is 6.90. The van der Waals surface area contributed by atoms with Gasteiger partial charge in [0.15, 0.2) is 0 Å². The summed E-state index contributed by atoms with van der Waals surface area (Å²) in [7, 11) is 0. The van der Waals surface area contributed by atoms with Gasteiger partial charge in [-0.3, -0.25) is 0 Å². The van der Waals surface area contributed by atoms with Crippen molar-refractivity contribution in [2.75, 3.05) is 0 Å². The highest BCUT2D eigenvalue weighted by molar-refractivity contribution is 5.83. The summed E-state index contributed by atoms with van der Waals surface area (Å²) >= 11 is 0. The van der Waals surface area contributed by atoms with Gasteiger partial charge in [-0.05, 0) is 83.4 Å². The Morgan fingerprint density at radius 1 is 0.767 bits per heavy atom. The summed E-state index contributed by atoms with van der Waals surface area (Å²) in [4.78, 5) is 0. The molecule has 1 heteroatoms. The van der Waals surface area contributed by atoms with E-state index in [-0.39, 0.29) is 5.82 Å². The molecule has 0 saturated heterocycles. The van der Waals surface area contributed by atoms with Gasteiger partial charge < -0.3 is 0 Å². The molecule has 1 saturated carbocycles. The first-order valence-electron chi connectivity index (χ1n) is 11.7. The molecule has 0 amide bonds. The molecule has 0 spiro atoms. The van der Waals surface area contributed by atoms with Crippen LogP contribution >= 0.6 is 0 Å². The van der Waals surface area contributed by atoms with Gasteiger partial charge in [-0.25, -0.2) is 4.39 Å². The molecule has 3 aromatic carbocycles. The summed E-state index contributed by atoms with van der Waals surface area (Å²) in [6.07, 6.45) is 8.37. The van der Waals surface area contributed by atoms with Crippen LogP contribution in [-0.4, -0.2) is 0 Å². The maximum atomic E-state index is 15.2. The molecule has 0 N–H and O–H groups in total. The maximum Gasteiger partial charge on any atom is 0.127 e. The van der Waals surface area contributed by atoms with Crippen LogP contribution < -0.4 is 0 Å². The second kappa shape index (κ2) is 9.60. The highest BCUT2D eigenvalue weighted by atomic mass is 19.1. The molecule has 0 bridgehead atoms. The number of halogens is 1. The predicted molar refractivity (Wildman–Crippen MR) is 126 cm³/mol. The Hall–Kier alpha value is -2.41. The van der Waals surface area contributed by atoms with Crippen LogP contribution in [0.1, 0.15) is 69.4 Å². The fourth-order valence-corrected chi connectivity index (χ4v) is 5.10. The third kappa shape index (κ3) is 4.51. The van der Waals surface area contributed by atoms with Crippen LogP contribution in [0.2, 0.25) is 0 Å². The molecule has 0 unspecified atom stereocenters. The molecular weight excluding hydrogens is 367 g/mol. The second-order valence-corrected chi connectivity index (χ2v) is 8.84. The molecule has 1 aliphatic rings. The van der Waals surface area contributed by atoms with Crippen molar-refractivity contribution in [3.05, 3.63) is 83.7 Å². The molecule has 1 aliphatic carbocycles. The van der Waals surface area contributed by atoms with Gasteiger partial charge in [0.25, 0.3) is 0 Å². The van der Waals surface area contributed by atoms with Crippen molar-refractivity contribution in [2.24, 2.45) is 5.92 Å². The van der Waals surface area contributed by atoms with Gasteiger partial charge in [-0.15, -0.1) is 0 Å². The molecule has 0 radical (unpaired) electrons. The smallest absolute Gasteiger partial charge is 0.127 e. The molecule has 0 atom stereocenters. The molecule has 4 rings (SSSR count). The number of hydrogen-bond acceptors (Lipinski definition) is 0. The van der Waals surface area contributed by atoms with E-state index in [4.69, 9.17) is 0 Å². The monoisotopic (exact) mass is 400 g/mol. The molecule has 156 valence electrons. The number of hydrogen-bond donors (Lipinski definition) is 0. The van der Waals surface area contributed by atoms with Crippen LogP contribution in [0.3, 0.4) is 0 Å². The molecule has 0 aromatic heterocycles. The first-order valence-corrected chi connectivity index (χ1v) is 11.7. The Bertz CT molecular complexity index is 962. The van der Waals surface area contributed by atoms with Crippen LogP contribution in [0.15, 0.2) is 66.7 Å². The zero-order chi connectivity index (χ0) is 20.9. The fraction of sp³-hybridized carbons (Fsp3) is 0.379. The summed E-state index contributed by atoms with van der Waals surface area (Å²) in [6, 6.07) is 23.0. The van der Waals surface area contributed by atoms with Crippen LogP contribution in [0.4, 0.5) is 4.39 Å². The maximum absolute atomic E-state index is 15.2. The molecular formula is C29H33F. The van der Waals surface area contributed by atoms with E-state index in [0.717, 1.165) is 47.4 Å². The van der Waals surface area contributed by atoms with Gasteiger partial charge in [0.1, 0.15) is 5.82 Å². The minimum absolute atomic E-state index is 0.0393. The zero-order valence-corrected chi connectivity index (χ0v) is 18.3. The Morgan fingerprint density at radius 3 is 2.00 bits per heavy atom. The Labute approximate surface area is 181 Å². The van der Waals surface area contributed by atoms with Gasteiger partial charge >= 0.3 is 0 Å². The van der Waals surface area contributed by atoms with E-state index in [0.29, 0.717) is 5.92 Å². The summed E-state index contributed by atoms with van der Waals surface area (Å²) in [5, 5.41) is 0. The summed E-state index contributed by atoms with van der Waals surface area (Å²) in [6.45, 7) is 4.43. The summed E-state index contributed by atoms with van der Waals surface area (Å²) in [5.41, 5.74) is 6.65. The van der Waals surface area contributed by atoms with Crippen LogP contribution in [-0.2, 0) is 6.42 Å². The molecule has 3 aromatic rings. The third-order valence-corrected chi connectivity index (χ3v) is 6.90. The fourth-order valence-electron chi connectivity index (χ4n) is 5.10. The molecule has 0 aliphatic heterocycles. The highest BCUT2D eigenvalue weighted by Crippen LogP contribution is 2.40. The Morgan fingerprint density at radius 2 is 1.40 bits per heavy atom. The Balaban J connectivity index is 1.59. The van der Waals surface area contributed by atoms with Crippen molar-refractivity contribution in [3.63, 3.8) is 0 Å². The number of benzene rings is 3. The first kappa shape index (κ1) is 20.8. The minimum atomic E-state index is -0.0393. The summed E-state index contributed by atoms with van der Waals surface area (Å²) < 4.78 is 15.2. The molecule has 0 nitrogen and oxygen atoms in total. The lowest BCUT2D eigenvalue weighted by atomic mass is 9.77. The van der Waals surface area contributed by atoms with E-state index < -0.39 is 0 Å². The molecule has 30 heavy (non-hydrogen) atoms. The van der Waals surface area contributed by atoms with Crippen molar-refractivity contribution in [1.29, 1.82) is 0 Å². The SMILES string of the molecule is CCCC1CCC(c2ccc(-c3ccccc3-c3ccc(CC)cc3)cc2F)CC1. The van der Waals surface area contributed by atoms with E-state index in [2.05, 4.69) is 62.4 Å². The van der Waals surface area contributed by atoms with Crippen molar-refractivity contribution >= 4 is 0 Å². The highest BCUT2D eigenvalue weighted by Gasteiger charge is 2.24. The van der Waals surface area contributed by atoms with Gasteiger partial charge in [-0.2, -0.15) is 0 Å². The lowest BCUT2D eigenvalue weighted by Crippen LogP contribution is -2.14. The second-order valence-electron chi connectivity index (χ2n) is 8.84. The normalized spacial score (nSPS) is 19.0. The molecule has 1 fully saturated rings. The van der Waals surface area contributed by atoms with E-state index in [1.54, 1.807) is 6.07 Å².